The van der Waals surface area contributed by atoms with Crippen molar-refractivity contribution < 1.29 is 17.9 Å². The molecule has 1 N–H and O–H groups in total. The van der Waals surface area contributed by atoms with E-state index in [9.17, 15) is 13.2 Å². The first-order valence-electron chi connectivity index (χ1n) is 9.33. The molecule has 0 spiro atoms. The Morgan fingerprint density at radius 1 is 1.11 bits per heavy atom. The summed E-state index contributed by atoms with van der Waals surface area (Å²) in [6.45, 7) is 4.60. The van der Waals surface area contributed by atoms with Crippen LogP contribution in [-0.2, 0) is 21.2 Å². The second kappa shape index (κ2) is 10.1. The molecular weight excluding hydrogens is 376 g/mol. The number of aryl methyl sites for hydroxylation is 2. The Balaban J connectivity index is 1.91. The van der Waals surface area contributed by atoms with Crippen molar-refractivity contribution in [3.8, 4) is 5.75 Å². The molecule has 2 rings (SSSR count). The molecule has 0 aliphatic heterocycles. The van der Waals surface area contributed by atoms with Gasteiger partial charge in [-0.05, 0) is 49.9 Å². The molecule has 2 aromatic carbocycles. The average Bonchev–Trinajstić information content (AvgIpc) is 2.64. The van der Waals surface area contributed by atoms with Crippen LogP contribution in [0.1, 0.15) is 24.5 Å². The van der Waals surface area contributed by atoms with Crippen LogP contribution in [0, 0.1) is 6.92 Å². The molecule has 0 saturated heterocycles. The van der Waals surface area contributed by atoms with E-state index in [1.54, 1.807) is 12.1 Å². The molecule has 0 radical (unpaired) electrons. The maximum atomic E-state index is 12.3. The zero-order valence-electron chi connectivity index (χ0n) is 16.6. The number of anilines is 1. The lowest BCUT2D eigenvalue weighted by Crippen LogP contribution is -2.41. The van der Waals surface area contributed by atoms with Gasteiger partial charge in [0.25, 0.3) is 0 Å². The van der Waals surface area contributed by atoms with Crippen LogP contribution in [0.25, 0.3) is 0 Å². The summed E-state index contributed by atoms with van der Waals surface area (Å²) in [5.74, 6) is 0.533. The zero-order valence-corrected chi connectivity index (χ0v) is 17.5. The van der Waals surface area contributed by atoms with E-state index < -0.39 is 10.0 Å². The minimum absolute atomic E-state index is 0.237. The normalized spacial score (nSPS) is 11.1. The van der Waals surface area contributed by atoms with Gasteiger partial charge in [-0.1, -0.05) is 36.4 Å². The second-order valence-electron chi connectivity index (χ2n) is 6.55. The fraction of sp³-hybridized carbons (Fsp3) is 0.381. The van der Waals surface area contributed by atoms with Crippen LogP contribution in [0.4, 0.5) is 5.69 Å². The third-order valence-electron chi connectivity index (χ3n) is 4.29. The number of para-hydroxylation sites is 2. The lowest BCUT2D eigenvalue weighted by Gasteiger charge is -2.23. The molecule has 0 bridgehead atoms. The number of sulfonamides is 1. The van der Waals surface area contributed by atoms with Crippen LogP contribution in [-0.4, -0.2) is 40.3 Å². The molecule has 0 aliphatic carbocycles. The minimum atomic E-state index is -3.57. The standard InChI is InChI=1S/C21H28N2O4S/c1-4-27-20-14-8-6-11-18(20)12-9-15-22-21(24)16-23(28(3,25)26)19-13-7-5-10-17(19)2/h5-8,10-11,13-14H,4,9,12,15-16H2,1-3H3,(H,22,24). The Hall–Kier alpha value is -2.54. The lowest BCUT2D eigenvalue weighted by molar-refractivity contribution is -0.119. The molecule has 0 aromatic heterocycles. The molecule has 0 heterocycles. The van der Waals surface area contributed by atoms with E-state index >= 15 is 0 Å². The Labute approximate surface area is 167 Å². The summed E-state index contributed by atoms with van der Waals surface area (Å²) in [6.07, 6.45) is 2.61. The fourth-order valence-electron chi connectivity index (χ4n) is 2.92. The van der Waals surface area contributed by atoms with Gasteiger partial charge in [-0.15, -0.1) is 0 Å². The number of hydrogen-bond donors (Lipinski definition) is 1. The SMILES string of the molecule is CCOc1ccccc1CCCNC(=O)CN(c1ccccc1C)S(C)(=O)=O. The highest BCUT2D eigenvalue weighted by atomic mass is 32.2. The van der Waals surface area contributed by atoms with E-state index in [2.05, 4.69) is 5.32 Å². The number of nitrogens with zero attached hydrogens (tertiary/aromatic N) is 1. The highest BCUT2D eigenvalue weighted by molar-refractivity contribution is 7.92. The Morgan fingerprint density at radius 3 is 2.46 bits per heavy atom. The number of ether oxygens (including phenoxy) is 1. The van der Waals surface area contributed by atoms with Gasteiger partial charge in [-0.3, -0.25) is 9.10 Å². The Morgan fingerprint density at radius 2 is 1.79 bits per heavy atom. The predicted molar refractivity (Wildman–Crippen MR) is 112 cm³/mol. The molecule has 1 amide bonds. The van der Waals surface area contributed by atoms with Crippen molar-refractivity contribution in [2.24, 2.45) is 0 Å². The van der Waals surface area contributed by atoms with Gasteiger partial charge in [0.15, 0.2) is 0 Å². The summed E-state index contributed by atoms with van der Waals surface area (Å²) in [6, 6.07) is 15.0. The molecule has 28 heavy (non-hydrogen) atoms. The molecule has 0 unspecified atom stereocenters. The van der Waals surface area contributed by atoms with Crippen molar-refractivity contribution >= 4 is 21.6 Å². The first-order valence-corrected chi connectivity index (χ1v) is 11.2. The fourth-order valence-corrected chi connectivity index (χ4v) is 3.84. The smallest absolute Gasteiger partial charge is 0.240 e. The summed E-state index contributed by atoms with van der Waals surface area (Å²) in [4.78, 5) is 12.3. The van der Waals surface area contributed by atoms with E-state index in [-0.39, 0.29) is 12.5 Å². The first-order chi connectivity index (χ1) is 13.3. The summed E-state index contributed by atoms with van der Waals surface area (Å²) >= 11 is 0. The molecule has 0 aliphatic rings. The quantitative estimate of drug-likeness (QED) is 0.618. The van der Waals surface area contributed by atoms with Gasteiger partial charge >= 0.3 is 0 Å². The van der Waals surface area contributed by atoms with Gasteiger partial charge in [0.1, 0.15) is 12.3 Å². The van der Waals surface area contributed by atoms with Crippen LogP contribution < -0.4 is 14.4 Å². The highest BCUT2D eigenvalue weighted by Crippen LogP contribution is 2.22. The van der Waals surface area contributed by atoms with Crippen LogP contribution in [0.2, 0.25) is 0 Å². The van der Waals surface area contributed by atoms with Gasteiger partial charge in [0, 0.05) is 6.54 Å². The van der Waals surface area contributed by atoms with E-state index in [0.717, 1.165) is 40.3 Å². The molecule has 0 atom stereocenters. The molecule has 7 heteroatoms. The summed E-state index contributed by atoms with van der Waals surface area (Å²) < 4.78 is 31.1. The maximum absolute atomic E-state index is 12.3. The van der Waals surface area contributed by atoms with Crippen molar-refractivity contribution in [2.45, 2.75) is 26.7 Å². The van der Waals surface area contributed by atoms with Crippen molar-refractivity contribution in [1.82, 2.24) is 5.32 Å². The van der Waals surface area contributed by atoms with Crippen molar-refractivity contribution in [3.63, 3.8) is 0 Å². The number of rotatable bonds is 10. The Kier molecular flexibility index (Phi) is 7.87. The van der Waals surface area contributed by atoms with E-state index in [4.69, 9.17) is 4.74 Å². The van der Waals surface area contributed by atoms with Crippen LogP contribution in [0.5, 0.6) is 5.75 Å². The minimum Gasteiger partial charge on any atom is -0.494 e. The molecule has 0 saturated carbocycles. The third kappa shape index (κ3) is 6.27. The maximum Gasteiger partial charge on any atom is 0.240 e. The van der Waals surface area contributed by atoms with Crippen LogP contribution >= 0.6 is 0 Å². The number of benzene rings is 2. The van der Waals surface area contributed by atoms with Gasteiger partial charge in [0.2, 0.25) is 15.9 Å². The number of carbonyl (C=O) groups is 1. The summed E-state index contributed by atoms with van der Waals surface area (Å²) in [7, 11) is -3.57. The first kappa shape index (κ1) is 21.8. The largest absolute Gasteiger partial charge is 0.494 e. The van der Waals surface area contributed by atoms with Gasteiger partial charge < -0.3 is 10.1 Å². The number of nitrogens with one attached hydrogen (secondary N) is 1. The topological polar surface area (TPSA) is 75.7 Å². The molecular formula is C21H28N2O4S. The van der Waals surface area contributed by atoms with Crippen LogP contribution in [0.15, 0.2) is 48.5 Å². The number of hydrogen-bond acceptors (Lipinski definition) is 4. The van der Waals surface area contributed by atoms with Crippen LogP contribution in [0.3, 0.4) is 0 Å². The summed E-state index contributed by atoms with van der Waals surface area (Å²) in [5.41, 5.74) is 2.41. The van der Waals surface area contributed by atoms with Crippen molar-refractivity contribution in [3.05, 3.63) is 59.7 Å². The molecule has 152 valence electrons. The lowest BCUT2D eigenvalue weighted by atomic mass is 10.1. The Bertz CT molecular complexity index is 897. The van der Waals surface area contributed by atoms with Gasteiger partial charge in [0.05, 0.1) is 18.6 Å². The van der Waals surface area contributed by atoms with Crippen molar-refractivity contribution in [1.29, 1.82) is 0 Å². The van der Waals surface area contributed by atoms with E-state index in [0.29, 0.717) is 18.8 Å². The monoisotopic (exact) mass is 404 g/mol. The average molecular weight is 405 g/mol. The second-order valence-corrected chi connectivity index (χ2v) is 8.46. The van der Waals surface area contributed by atoms with Gasteiger partial charge in [-0.25, -0.2) is 8.42 Å². The third-order valence-corrected chi connectivity index (χ3v) is 5.42. The zero-order chi connectivity index (χ0) is 20.6. The van der Waals surface area contributed by atoms with Crippen molar-refractivity contribution in [2.75, 3.05) is 30.3 Å². The molecule has 2 aromatic rings. The summed E-state index contributed by atoms with van der Waals surface area (Å²) in [5, 5.41) is 2.81. The number of amides is 1. The van der Waals surface area contributed by atoms with E-state index in [1.165, 1.54) is 0 Å². The predicted octanol–water partition coefficient (Wildman–Crippen LogP) is 2.91. The van der Waals surface area contributed by atoms with E-state index in [1.807, 2.05) is 50.2 Å². The molecule has 0 fully saturated rings. The van der Waals surface area contributed by atoms with Gasteiger partial charge in [-0.2, -0.15) is 0 Å². The number of carbonyl (C=O) groups excluding carboxylic acids is 1. The highest BCUT2D eigenvalue weighted by Gasteiger charge is 2.21. The molecule has 6 nitrogen and oxygen atoms in total.